The van der Waals surface area contributed by atoms with Gasteiger partial charge in [-0.2, -0.15) is 0 Å². The zero-order chi connectivity index (χ0) is 24.5. The standard InChI is InChI=1S/C28H31ClN2O3/c1-20(2)30-28(33)25(17-22-11-5-4-6-12-22)31(18-23-13-9-10-21(3)16-23)27(32)19-34-26-15-8-7-14-24(26)29/h4-16,20,25H,17-19H2,1-3H3,(H,30,33)/t25-/m0/s1. The molecule has 6 heteroatoms. The first-order chi connectivity index (χ1) is 16.3. The van der Waals surface area contributed by atoms with E-state index in [9.17, 15) is 9.59 Å². The van der Waals surface area contributed by atoms with Gasteiger partial charge in [-0.05, 0) is 44.0 Å². The summed E-state index contributed by atoms with van der Waals surface area (Å²) >= 11 is 6.20. The van der Waals surface area contributed by atoms with E-state index in [0.717, 1.165) is 16.7 Å². The molecule has 0 saturated carbocycles. The average Bonchev–Trinajstić information content (AvgIpc) is 2.81. The predicted octanol–water partition coefficient (Wildman–Crippen LogP) is 5.19. The summed E-state index contributed by atoms with van der Waals surface area (Å²) in [5, 5.41) is 3.41. The van der Waals surface area contributed by atoms with Crippen molar-refractivity contribution in [1.29, 1.82) is 0 Å². The normalized spacial score (nSPS) is 11.7. The van der Waals surface area contributed by atoms with Gasteiger partial charge in [0.15, 0.2) is 6.61 Å². The fourth-order valence-corrected chi connectivity index (χ4v) is 3.92. The van der Waals surface area contributed by atoms with Gasteiger partial charge in [0.1, 0.15) is 11.8 Å². The molecule has 0 unspecified atom stereocenters. The van der Waals surface area contributed by atoms with Crippen LogP contribution >= 0.6 is 11.6 Å². The molecule has 5 nitrogen and oxygen atoms in total. The summed E-state index contributed by atoms with van der Waals surface area (Å²) in [6, 6.07) is 23.9. The number of hydrogen-bond acceptors (Lipinski definition) is 3. The number of amides is 2. The van der Waals surface area contributed by atoms with Gasteiger partial charge in [0.2, 0.25) is 5.91 Å². The number of benzene rings is 3. The Kier molecular flexibility index (Phi) is 9.11. The number of rotatable bonds is 10. The highest BCUT2D eigenvalue weighted by molar-refractivity contribution is 6.32. The highest BCUT2D eigenvalue weighted by Crippen LogP contribution is 2.23. The van der Waals surface area contributed by atoms with Gasteiger partial charge in [0.25, 0.3) is 5.91 Å². The number of halogens is 1. The first-order valence-corrected chi connectivity index (χ1v) is 11.8. The summed E-state index contributed by atoms with van der Waals surface area (Å²) < 4.78 is 5.75. The van der Waals surface area contributed by atoms with Crippen LogP contribution < -0.4 is 10.1 Å². The van der Waals surface area contributed by atoms with Crippen LogP contribution in [0.1, 0.15) is 30.5 Å². The number of hydrogen-bond donors (Lipinski definition) is 1. The molecular weight excluding hydrogens is 448 g/mol. The summed E-state index contributed by atoms with van der Waals surface area (Å²) in [5.74, 6) is -0.0573. The molecule has 0 aromatic heterocycles. The molecule has 0 heterocycles. The monoisotopic (exact) mass is 478 g/mol. The van der Waals surface area contributed by atoms with E-state index in [1.807, 2.05) is 75.4 Å². The second-order valence-corrected chi connectivity index (χ2v) is 9.01. The van der Waals surface area contributed by atoms with Crippen LogP contribution in [0.3, 0.4) is 0 Å². The molecule has 34 heavy (non-hydrogen) atoms. The minimum absolute atomic E-state index is 0.0546. The van der Waals surface area contributed by atoms with Crippen LogP contribution in [0.15, 0.2) is 78.9 Å². The van der Waals surface area contributed by atoms with Crippen LogP contribution in [0.2, 0.25) is 5.02 Å². The number of ether oxygens (including phenoxy) is 1. The highest BCUT2D eigenvalue weighted by atomic mass is 35.5. The summed E-state index contributed by atoms with van der Waals surface area (Å²) in [6.45, 7) is 5.88. The summed E-state index contributed by atoms with van der Waals surface area (Å²) in [5.41, 5.74) is 3.01. The van der Waals surface area contributed by atoms with Crippen molar-refractivity contribution in [3.63, 3.8) is 0 Å². The van der Waals surface area contributed by atoms with E-state index in [-0.39, 0.29) is 31.0 Å². The Morgan fingerprint density at radius 2 is 1.62 bits per heavy atom. The van der Waals surface area contributed by atoms with Gasteiger partial charge in [0.05, 0.1) is 5.02 Å². The molecule has 0 spiro atoms. The third-order valence-corrected chi connectivity index (χ3v) is 5.64. The van der Waals surface area contributed by atoms with Crippen molar-refractivity contribution in [2.45, 2.75) is 45.8 Å². The van der Waals surface area contributed by atoms with Gasteiger partial charge in [-0.15, -0.1) is 0 Å². The second-order valence-electron chi connectivity index (χ2n) is 8.60. The fourth-order valence-electron chi connectivity index (χ4n) is 3.73. The van der Waals surface area contributed by atoms with Crippen LogP contribution in [0.5, 0.6) is 5.75 Å². The maximum absolute atomic E-state index is 13.5. The lowest BCUT2D eigenvalue weighted by atomic mass is 10.0. The quantitative estimate of drug-likeness (QED) is 0.436. The number of nitrogens with one attached hydrogen (secondary N) is 1. The van der Waals surface area contributed by atoms with Crippen molar-refractivity contribution in [3.05, 3.63) is 101 Å². The summed E-state index contributed by atoms with van der Waals surface area (Å²) in [7, 11) is 0. The van der Waals surface area contributed by atoms with Crippen molar-refractivity contribution < 1.29 is 14.3 Å². The Morgan fingerprint density at radius 1 is 0.941 bits per heavy atom. The smallest absolute Gasteiger partial charge is 0.261 e. The number of carbonyl (C=O) groups is 2. The number of nitrogens with zero attached hydrogens (tertiary/aromatic N) is 1. The van der Waals surface area contributed by atoms with Gasteiger partial charge >= 0.3 is 0 Å². The van der Waals surface area contributed by atoms with E-state index in [0.29, 0.717) is 17.2 Å². The summed E-state index contributed by atoms with van der Waals surface area (Å²) in [4.78, 5) is 28.4. The van der Waals surface area contributed by atoms with Crippen molar-refractivity contribution in [2.24, 2.45) is 0 Å². The SMILES string of the molecule is Cc1cccc(CN(C(=O)COc2ccccc2Cl)[C@@H](Cc2ccccc2)C(=O)NC(C)C)c1. The third-order valence-electron chi connectivity index (χ3n) is 5.33. The fraction of sp³-hybridized carbons (Fsp3) is 0.286. The lowest BCUT2D eigenvalue weighted by Crippen LogP contribution is -2.52. The minimum Gasteiger partial charge on any atom is -0.482 e. The molecule has 0 saturated heterocycles. The Hall–Kier alpha value is -3.31. The molecule has 0 aliphatic heterocycles. The van der Waals surface area contributed by atoms with E-state index in [2.05, 4.69) is 5.32 Å². The molecule has 2 amide bonds. The first kappa shape index (κ1) is 25.3. The molecule has 3 aromatic carbocycles. The van der Waals surface area contributed by atoms with Crippen LogP contribution in [-0.2, 0) is 22.6 Å². The van der Waals surface area contributed by atoms with Gasteiger partial charge in [0, 0.05) is 19.0 Å². The maximum atomic E-state index is 13.5. The van der Waals surface area contributed by atoms with Crippen LogP contribution in [0.25, 0.3) is 0 Å². The molecule has 3 aromatic rings. The number of aryl methyl sites for hydroxylation is 1. The zero-order valence-corrected chi connectivity index (χ0v) is 20.6. The van der Waals surface area contributed by atoms with Gasteiger partial charge in [-0.3, -0.25) is 9.59 Å². The maximum Gasteiger partial charge on any atom is 0.261 e. The lowest BCUT2D eigenvalue weighted by Gasteiger charge is -2.32. The van der Waals surface area contributed by atoms with Crippen LogP contribution in [0.4, 0.5) is 0 Å². The van der Waals surface area contributed by atoms with Crippen molar-refractivity contribution >= 4 is 23.4 Å². The first-order valence-electron chi connectivity index (χ1n) is 11.4. The van der Waals surface area contributed by atoms with Crippen LogP contribution in [0, 0.1) is 6.92 Å². The van der Waals surface area contributed by atoms with Crippen molar-refractivity contribution in [3.8, 4) is 5.75 Å². The molecule has 0 aliphatic rings. The van der Waals surface area contributed by atoms with E-state index < -0.39 is 6.04 Å². The topological polar surface area (TPSA) is 58.6 Å². The predicted molar refractivity (Wildman–Crippen MR) is 136 cm³/mol. The van der Waals surface area contributed by atoms with E-state index in [1.54, 1.807) is 29.2 Å². The van der Waals surface area contributed by atoms with Gasteiger partial charge < -0.3 is 15.0 Å². The van der Waals surface area contributed by atoms with E-state index in [4.69, 9.17) is 16.3 Å². The zero-order valence-electron chi connectivity index (χ0n) is 19.8. The Labute approximate surface area is 206 Å². The van der Waals surface area contributed by atoms with Crippen molar-refractivity contribution in [2.75, 3.05) is 6.61 Å². The number of para-hydroxylation sites is 1. The second kappa shape index (κ2) is 12.2. The van der Waals surface area contributed by atoms with Crippen molar-refractivity contribution in [1.82, 2.24) is 10.2 Å². The Bertz CT molecular complexity index is 1100. The Morgan fingerprint density at radius 3 is 2.29 bits per heavy atom. The van der Waals surface area contributed by atoms with Gasteiger partial charge in [-0.25, -0.2) is 0 Å². The van der Waals surface area contributed by atoms with E-state index >= 15 is 0 Å². The molecule has 0 bridgehead atoms. The molecule has 0 radical (unpaired) electrons. The van der Waals surface area contributed by atoms with Crippen LogP contribution in [-0.4, -0.2) is 35.4 Å². The summed E-state index contributed by atoms with van der Waals surface area (Å²) in [6.07, 6.45) is 0.392. The molecule has 1 atom stereocenters. The number of carbonyl (C=O) groups excluding carboxylic acids is 2. The molecule has 178 valence electrons. The molecule has 1 N–H and O–H groups in total. The van der Waals surface area contributed by atoms with Gasteiger partial charge in [-0.1, -0.05) is 83.9 Å². The molecular formula is C28H31ClN2O3. The largest absolute Gasteiger partial charge is 0.482 e. The molecule has 3 rings (SSSR count). The lowest BCUT2D eigenvalue weighted by molar-refractivity contribution is -0.143. The third kappa shape index (κ3) is 7.35. The average molecular weight is 479 g/mol. The Balaban J connectivity index is 1.92. The van der Waals surface area contributed by atoms with E-state index in [1.165, 1.54) is 0 Å². The molecule has 0 fully saturated rings. The minimum atomic E-state index is -0.701. The highest BCUT2D eigenvalue weighted by Gasteiger charge is 2.31. The molecule has 0 aliphatic carbocycles.